The van der Waals surface area contributed by atoms with Gasteiger partial charge in [-0.3, -0.25) is 4.79 Å². The number of hydrogen-bond donors (Lipinski definition) is 4. The summed E-state index contributed by atoms with van der Waals surface area (Å²) in [7, 11) is 0. The number of aliphatic carboxylic acids is 1. The highest BCUT2D eigenvalue weighted by molar-refractivity contribution is 5.91. The number of carbonyl (C=O) groups is 3. The summed E-state index contributed by atoms with van der Waals surface area (Å²) < 4.78 is 5.32. The van der Waals surface area contributed by atoms with Gasteiger partial charge in [0.05, 0.1) is 0 Å². The maximum atomic E-state index is 13.2. The Bertz CT molecular complexity index is 1120. The molecule has 0 saturated heterocycles. The Labute approximate surface area is 192 Å². The molecule has 3 rings (SSSR count). The molecule has 2 amide bonds. The van der Waals surface area contributed by atoms with Crippen LogP contribution in [0.1, 0.15) is 31.9 Å². The number of carboxylic acid groups (broad SMARTS) is 1. The molecule has 0 spiro atoms. The predicted molar refractivity (Wildman–Crippen MR) is 125 cm³/mol. The third-order valence-corrected chi connectivity index (χ3v) is 5.00. The van der Waals surface area contributed by atoms with Gasteiger partial charge in [-0.2, -0.15) is 0 Å². The van der Waals surface area contributed by atoms with Crippen LogP contribution in [0.15, 0.2) is 60.8 Å². The Morgan fingerprint density at radius 3 is 2.27 bits per heavy atom. The lowest BCUT2D eigenvalue weighted by Crippen LogP contribution is -2.53. The number of aromatic amines is 1. The van der Waals surface area contributed by atoms with Crippen molar-refractivity contribution in [2.75, 3.05) is 0 Å². The molecule has 1 heterocycles. The maximum Gasteiger partial charge on any atom is 0.408 e. The van der Waals surface area contributed by atoms with Crippen LogP contribution in [0.5, 0.6) is 0 Å². The molecule has 2 aromatic carbocycles. The average Bonchev–Trinajstić information content (AvgIpc) is 3.15. The van der Waals surface area contributed by atoms with Crippen LogP contribution in [0.2, 0.25) is 0 Å². The number of fused-ring (bicyclic) bond motifs is 1. The number of alkyl carbamates (subject to hydrolysis) is 1. The number of benzene rings is 2. The molecule has 8 nitrogen and oxygen atoms in total. The molecular formula is C25H29N3O5. The van der Waals surface area contributed by atoms with Crippen molar-refractivity contribution < 1.29 is 24.2 Å². The topological polar surface area (TPSA) is 121 Å². The van der Waals surface area contributed by atoms with E-state index in [0.717, 1.165) is 22.0 Å². The van der Waals surface area contributed by atoms with Crippen molar-refractivity contribution >= 4 is 28.9 Å². The van der Waals surface area contributed by atoms with E-state index in [1.54, 1.807) is 51.2 Å². The van der Waals surface area contributed by atoms with Crippen LogP contribution >= 0.6 is 0 Å². The minimum Gasteiger partial charge on any atom is -0.480 e. The minimum absolute atomic E-state index is 0.119. The monoisotopic (exact) mass is 451 g/mol. The number of para-hydroxylation sites is 1. The normalized spacial score (nSPS) is 13.2. The van der Waals surface area contributed by atoms with Crippen LogP contribution in [0, 0.1) is 0 Å². The number of ether oxygens (including phenoxy) is 1. The van der Waals surface area contributed by atoms with Crippen LogP contribution in [-0.4, -0.2) is 45.7 Å². The van der Waals surface area contributed by atoms with Crippen molar-refractivity contribution in [1.29, 1.82) is 0 Å². The first kappa shape index (κ1) is 23.8. The molecule has 0 bridgehead atoms. The SMILES string of the molecule is CC(C)(C)OC(=O)N[C@@H](Cc1c[nH]c2ccccc12)C(=O)N[C@@H](Cc1ccccc1)C(=O)O. The Balaban J connectivity index is 1.81. The number of carbonyl (C=O) groups excluding carboxylic acids is 2. The standard InChI is InChI=1S/C25H29N3O5/c1-25(2,3)33-24(32)28-20(14-17-15-26-19-12-8-7-11-18(17)19)22(29)27-21(23(30)31)13-16-9-5-4-6-10-16/h4-12,15,20-21,26H,13-14H2,1-3H3,(H,27,29)(H,28,32)(H,30,31)/t20-,21-/m0/s1. The highest BCUT2D eigenvalue weighted by Gasteiger charge is 2.29. The Kier molecular flexibility index (Phi) is 7.37. The van der Waals surface area contributed by atoms with E-state index in [0.29, 0.717) is 0 Å². The molecule has 0 aliphatic heterocycles. The fourth-order valence-corrected chi connectivity index (χ4v) is 3.50. The lowest BCUT2D eigenvalue weighted by molar-refractivity contribution is -0.142. The number of amides is 2. The van der Waals surface area contributed by atoms with E-state index in [1.165, 1.54) is 0 Å². The van der Waals surface area contributed by atoms with Gasteiger partial charge >= 0.3 is 12.1 Å². The highest BCUT2D eigenvalue weighted by Crippen LogP contribution is 2.19. The molecule has 0 aliphatic carbocycles. The van der Waals surface area contributed by atoms with Crippen LogP contribution in [0.3, 0.4) is 0 Å². The molecule has 0 aliphatic rings. The van der Waals surface area contributed by atoms with Crippen LogP contribution in [0.4, 0.5) is 4.79 Å². The molecule has 2 atom stereocenters. The molecule has 4 N–H and O–H groups in total. The van der Waals surface area contributed by atoms with Crippen molar-refractivity contribution in [3.63, 3.8) is 0 Å². The molecule has 0 fully saturated rings. The number of carboxylic acids is 1. The van der Waals surface area contributed by atoms with Crippen LogP contribution in [-0.2, 0) is 27.2 Å². The van der Waals surface area contributed by atoms with Crippen molar-refractivity contribution in [3.8, 4) is 0 Å². The van der Waals surface area contributed by atoms with Gasteiger partial charge in [0.1, 0.15) is 17.7 Å². The first-order chi connectivity index (χ1) is 15.6. The Morgan fingerprint density at radius 2 is 1.61 bits per heavy atom. The van der Waals surface area contributed by atoms with Gasteiger partial charge in [-0.25, -0.2) is 9.59 Å². The van der Waals surface area contributed by atoms with E-state index in [2.05, 4.69) is 15.6 Å². The number of hydrogen-bond acceptors (Lipinski definition) is 4. The van der Waals surface area contributed by atoms with Crippen molar-refractivity contribution in [2.45, 2.75) is 51.3 Å². The van der Waals surface area contributed by atoms with Gasteiger partial charge in [-0.05, 0) is 38.0 Å². The third kappa shape index (κ3) is 6.83. The predicted octanol–water partition coefficient (Wildman–Crippen LogP) is 3.42. The summed E-state index contributed by atoms with van der Waals surface area (Å²) in [6.45, 7) is 5.17. The van der Waals surface area contributed by atoms with Gasteiger partial charge in [0.15, 0.2) is 0 Å². The van der Waals surface area contributed by atoms with E-state index in [9.17, 15) is 19.5 Å². The number of H-pyrrole nitrogens is 1. The second-order valence-electron chi connectivity index (χ2n) is 8.85. The smallest absolute Gasteiger partial charge is 0.408 e. The maximum absolute atomic E-state index is 13.2. The zero-order valence-corrected chi connectivity index (χ0v) is 18.9. The third-order valence-electron chi connectivity index (χ3n) is 5.00. The Morgan fingerprint density at radius 1 is 0.939 bits per heavy atom. The average molecular weight is 452 g/mol. The van der Waals surface area contributed by atoms with E-state index in [-0.39, 0.29) is 12.8 Å². The zero-order valence-electron chi connectivity index (χ0n) is 18.9. The summed E-state index contributed by atoms with van der Waals surface area (Å²) >= 11 is 0. The first-order valence-electron chi connectivity index (χ1n) is 10.7. The summed E-state index contributed by atoms with van der Waals surface area (Å²) in [5.41, 5.74) is 1.75. The summed E-state index contributed by atoms with van der Waals surface area (Å²) in [5.74, 6) is -1.76. The summed E-state index contributed by atoms with van der Waals surface area (Å²) in [4.78, 5) is 40.6. The molecule has 0 saturated carbocycles. The molecule has 174 valence electrons. The summed E-state index contributed by atoms with van der Waals surface area (Å²) in [6.07, 6.45) is 1.30. The van der Waals surface area contributed by atoms with E-state index >= 15 is 0 Å². The second-order valence-corrected chi connectivity index (χ2v) is 8.85. The molecule has 3 aromatic rings. The fraction of sp³-hybridized carbons (Fsp3) is 0.320. The van der Waals surface area contributed by atoms with E-state index in [4.69, 9.17) is 4.74 Å². The molecule has 8 heteroatoms. The van der Waals surface area contributed by atoms with Gasteiger partial charge in [-0.1, -0.05) is 48.5 Å². The molecule has 0 unspecified atom stereocenters. The van der Waals surface area contributed by atoms with E-state index in [1.807, 2.05) is 30.3 Å². The number of rotatable bonds is 8. The van der Waals surface area contributed by atoms with Gasteiger partial charge in [0, 0.05) is 29.9 Å². The largest absolute Gasteiger partial charge is 0.480 e. The lowest BCUT2D eigenvalue weighted by atomic mass is 10.0. The molecule has 0 radical (unpaired) electrons. The molecular weight excluding hydrogens is 422 g/mol. The minimum atomic E-state index is -1.16. The summed E-state index contributed by atoms with van der Waals surface area (Å²) in [5, 5.41) is 15.8. The zero-order chi connectivity index (χ0) is 24.0. The van der Waals surface area contributed by atoms with Crippen molar-refractivity contribution in [3.05, 3.63) is 71.9 Å². The molecule has 33 heavy (non-hydrogen) atoms. The first-order valence-corrected chi connectivity index (χ1v) is 10.7. The van der Waals surface area contributed by atoms with E-state index < -0.39 is 35.7 Å². The van der Waals surface area contributed by atoms with Gasteiger partial charge in [0.25, 0.3) is 0 Å². The van der Waals surface area contributed by atoms with Gasteiger partial charge < -0.3 is 25.5 Å². The van der Waals surface area contributed by atoms with Crippen molar-refractivity contribution in [1.82, 2.24) is 15.6 Å². The fourth-order valence-electron chi connectivity index (χ4n) is 3.50. The van der Waals surface area contributed by atoms with Crippen molar-refractivity contribution in [2.24, 2.45) is 0 Å². The van der Waals surface area contributed by atoms with Gasteiger partial charge in [-0.15, -0.1) is 0 Å². The Hall–Kier alpha value is -3.81. The van der Waals surface area contributed by atoms with Crippen LogP contribution < -0.4 is 10.6 Å². The van der Waals surface area contributed by atoms with Crippen LogP contribution in [0.25, 0.3) is 10.9 Å². The highest BCUT2D eigenvalue weighted by atomic mass is 16.6. The quantitative estimate of drug-likeness (QED) is 0.418. The number of aromatic nitrogens is 1. The van der Waals surface area contributed by atoms with Gasteiger partial charge in [0.2, 0.25) is 5.91 Å². The molecule has 1 aromatic heterocycles. The lowest BCUT2D eigenvalue weighted by Gasteiger charge is -2.24. The second kappa shape index (κ2) is 10.2. The summed E-state index contributed by atoms with van der Waals surface area (Å²) in [6, 6.07) is 14.5. The number of nitrogens with one attached hydrogen (secondary N) is 3.